The van der Waals surface area contributed by atoms with Gasteiger partial charge in [-0.05, 0) is 29.9 Å². The van der Waals surface area contributed by atoms with Crippen molar-refractivity contribution < 1.29 is 0 Å². The molecule has 0 heterocycles. The van der Waals surface area contributed by atoms with Crippen LogP contribution >= 0.6 is 0 Å². The van der Waals surface area contributed by atoms with Crippen molar-refractivity contribution in [2.24, 2.45) is 11.7 Å². The van der Waals surface area contributed by atoms with E-state index in [0.717, 1.165) is 5.92 Å². The van der Waals surface area contributed by atoms with Gasteiger partial charge in [-0.2, -0.15) is 0 Å². The molecule has 17 heavy (non-hydrogen) atoms. The van der Waals surface area contributed by atoms with Crippen molar-refractivity contribution in [1.29, 1.82) is 0 Å². The summed E-state index contributed by atoms with van der Waals surface area (Å²) in [6.07, 6.45) is 9.60. The molecular weight excluding hydrogens is 206 g/mol. The van der Waals surface area contributed by atoms with Gasteiger partial charge in [-0.25, -0.2) is 0 Å². The van der Waals surface area contributed by atoms with E-state index in [0.29, 0.717) is 12.0 Å². The Morgan fingerprint density at radius 2 is 1.88 bits per heavy atom. The topological polar surface area (TPSA) is 26.0 Å². The van der Waals surface area contributed by atoms with Crippen molar-refractivity contribution in [2.75, 3.05) is 0 Å². The Morgan fingerprint density at radius 1 is 1.12 bits per heavy atom. The summed E-state index contributed by atoms with van der Waals surface area (Å²) >= 11 is 0. The summed E-state index contributed by atoms with van der Waals surface area (Å²) in [6, 6.07) is 9.21. The van der Waals surface area contributed by atoms with E-state index in [2.05, 4.69) is 24.3 Å². The number of fused-ring (bicyclic) bond motifs is 1. The maximum absolute atomic E-state index is 6.42. The third kappa shape index (κ3) is 2.26. The van der Waals surface area contributed by atoms with Gasteiger partial charge < -0.3 is 5.73 Å². The molecule has 3 rings (SSSR count). The lowest BCUT2D eigenvalue weighted by molar-refractivity contribution is 0.295. The number of nitrogens with two attached hydrogens (primary N) is 1. The van der Waals surface area contributed by atoms with Gasteiger partial charge in [-0.15, -0.1) is 0 Å². The zero-order valence-corrected chi connectivity index (χ0v) is 10.6. The first kappa shape index (κ1) is 11.3. The molecule has 2 aliphatic carbocycles. The lowest BCUT2D eigenvalue weighted by atomic mass is 9.70. The van der Waals surface area contributed by atoms with Crippen molar-refractivity contribution in [3.05, 3.63) is 35.4 Å². The van der Waals surface area contributed by atoms with Gasteiger partial charge in [0.05, 0.1) is 0 Å². The Hall–Kier alpha value is -0.820. The summed E-state index contributed by atoms with van der Waals surface area (Å²) in [6.45, 7) is 0. The van der Waals surface area contributed by atoms with Crippen LogP contribution in [0, 0.1) is 5.92 Å². The van der Waals surface area contributed by atoms with Crippen LogP contribution in [0.4, 0.5) is 0 Å². The summed E-state index contributed by atoms with van der Waals surface area (Å²) in [5.74, 6) is 1.56. The number of hydrogen-bond donors (Lipinski definition) is 1. The van der Waals surface area contributed by atoms with Crippen LogP contribution in [0.25, 0.3) is 0 Å². The maximum Gasteiger partial charge on any atom is 0.0114 e. The minimum Gasteiger partial charge on any atom is -0.327 e. The lowest BCUT2D eigenvalue weighted by Gasteiger charge is -2.36. The molecular formula is C16H23N. The number of benzene rings is 1. The first-order valence-electron chi connectivity index (χ1n) is 7.18. The molecule has 0 spiro atoms. The molecule has 1 nitrogen and oxygen atoms in total. The average molecular weight is 229 g/mol. The highest BCUT2D eigenvalue weighted by Gasteiger charge is 2.31. The zero-order valence-electron chi connectivity index (χ0n) is 10.6. The largest absolute Gasteiger partial charge is 0.327 e. The summed E-state index contributed by atoms with van der Waals surface area (Å²) < 4.78 is 0. The Balaban J connectivity index is 1.59. The third-order valence-corrected chi connectivity index (χ3v) is 4.74. The standard InChI is InChI=1S/C16H23N/c17-16(10-12-6-2-1-3-7-12)15-11-13-8-4-5-9-14(13)15/h4-5,8-9,12,15-16H,1-3,6-7,10-11,17H2. The van der Waals surface area contributed by atoms with Crippen LogP contribution in [-0.4, -0.2) is 6.04 Å². The van der Waals surface area contributed by atoms with Gasteiger partial charge in [0.2, 0.25) is 0 Å². The third-order valence-electron chi connectivity index (χ3n) is 4.74. The monoisotopic (exact) mass is 229 g/mol. The summed E-state index contributed by atoms with van der Waals surface area (Å²) in [7, 11) is 0. The van der Waals surface area contributed by atoms with Crippen LogP contribution in [-0.2, 0) is 6.42 Å². The van der Waals surface area contributed by atoms with Crippen molar-refractivity contribution in [1.82, 2.24) is 0 Å². The van der Waals surface area contributed by atoms with Crippen molar-refractivity contribution >= 4 is 0 Å². The highest BCUT2D eigenvalue weighted by molar-refractivity contribution is 5.41. The Kier molecular flexibility index (Phi) is 3.19. The maximum atomic E-state index is 6.42. The van der Waals surface area contributed by atoms with Crippen LogP contribution in [0.15, 0.2) is 24.3 Å². The number of rotatable bonds is 3. The molecule has 0 saturated heterocycles. The minimum atomic E-state index is 0.396. The molecule has 0 aliphatic heterocycles. The zero-order chi connectivity index (χ0) is 11.7. The van der Waals surface area contributed by atoms with Crippen LogP contribution in [0.5, 0.6) is 0 Å². The smallest absolute Gasteiger partial charge is 0.0114 e. The van der Waals surface area contributed by atoms with Gasteiger partial charge in [0, 0.05) is 12.0 Å². The van der Waals surface area contributed by atoms with Gasteiger partial charge in [0.1, 0.15) is 0 Å². The normalized spacial score (nSPS) is 26.1. The van der Waals surface area contributed by atoms with E-state index in [1.54, 1.807) is 0 Å². The van der Waals surface area contributed by atoms with E-state index < -0.39 is 0 Å². The van der Waals surface area contributed by atoms with Gasteiger partial charge in [0.15, 0.2) is 0 Å². The Bertz CT molecular complexity index is 379. The second-order valence-corrected chi connectivity index (χ2v) is 5.91. The molecule has 1 fully saturated rings. The predicted molar refractivity (Wildman–Crippen MR) is 72.1 cm³/mol. The average Bonchev–Trinajstić information content (AvgIpc) is 2.32. The SMILES string of the molecule is NC(CC1CCCCC1)C1Cc2ccccc21. The molecule has 0 radical (unpaired) electrons. The van der Waals surface area contributed by atoms with Crippen LogP contribution < -0.4 is 5.73 Å². The molecule has 2 aliphatic rings. The van der Waals surface area contributed by atoms with Crippen LogP contribution in [0.1, 0.15) is 55.6 Å². The van der Waals surface area contributed by atoms with E-state index in [-0.39, 0.29) is 0 Å². The van der Waals surface area contributed by atoms with Gasteiger partial charge in [0.25, 0.3) is 0 Å². The van der Waals surface area contributed by atoms with Gasteiger partial charge >= 0.3 is 0 Å². The van der Waals surface area contributed by atoms with E-state index in [4.69, 9.17) is 5.73 Å². The van der Waals surface area contributed by atoms with E-state index in [1.165, 1.54) is 56.1 Å². The lowest BCUT2D eigenvalue weighted by Crippen LogP contribution is -2.37. The highest BCUT2D eigenvalue weighted by atomic mass is 14.7. The van der Waals surface area contributed by atoms with Crippen molar-refractivity contribution in [2.45, 2.75) is 56.9 Å². The summed E-state index contributed by atoms with van der Waals surface area (Å²) in [5, 5.41) is 0. The van der Waals surface area contributed by atoms with Gasteiger partial charge in [-0.3, -0.25) is 0 Å². The van der Waals surface area contributed by atoms with E-state index in [1.807, 2.05) is 0 Å². The molecule has 1 heteroatoms. The van der Waals surface area contributed by atoms with E-state index >= 15 is 0 Å². The van der Waals surface area contributed by atoms with Crippen LogP contribution in [0.3, 0.4) is 0 Å². The molecule has 1 aromatic carbocycles. The Morgan fingerprint density at radius 3 is 2.65 bits per heavy atom. The van der Waals surface area contributed by atoms with E-state index in [9.17, 15) is 0 Å². The van der Waals surface area contributed by atoms with Crippen molar-refractivity contribution in [3.63, 3.8) is 0 Å². The highest BCUT2D eigenvalue weighted by Crippen LogP contribution is 2.39. The predicted octanol–water partition coefficient (Wildman–Crippen LogP) is 3.62. The molecule has 0 amide bonds. The molecule has 2 unspecified atom stereocenters. The van der Waals surface area contributed by atoms with Crippen LogP contribution in [0.2, 0.25) is 0 Å². The molecule has 2 N–H and O–H groups in total. The van der Waals surface area contributed by atoms with Gasteiger partial charge in [-0.1, -0.05) is 56.4 Å². The molecule has 1 saturated carbocycles. The molecule has 92 valence electrons. The van der Waals surface area contributed by atoms with Crippen molar-refractivity contribution in [3.8, 4) is 0 Å². The molecule has 0 aromatic heterocycles. The molecule has 1 aromatic rings. The summed E-state index contributed by atoms with van der Waals surface area (Å²) in [4.78, 5) is 0. The quantitative estimate of drug-likeness (QED) is 0.841. The molecule has 0 bridgehead atoms. The second-order valence-electron chi connectivity index (χ2n) is 5.91. The fourth-order valence-corrected chi connectivity index (χ4v) is 3.65. The first-order valence-corrected chi connectivity index (χ1v) is 7.18. The number of hydrogen-bond acceptors (Lipinski definition) is 1. The minimum absolute atomic E-state index is 0.396. The fourth-order valence-electron chi connectivity index (χ4n) is 3.65. The fraction of sp³-hybridized carbons (Fsp3) is 0.625. The first-order chi connectivity index (χ1) is 8.34. The summed E-state index contributed by atoms with van der Waals surface area (Å²) in [5.41, 5.74) is 9.47. The second kappa shape index (κ2) is 4.81. The Labute approximate surface area is 104 Å². The molecule has 2 atom stereocenters.